The minimum Gasteiger partial charge on any atom is -0.340 e. The first-order chi connectivity index (χ1) is 15.7. The summed E-state index contributed by atoms with van der Waals surface area (Å²) in [7, 11) is -2.21. The van der Waals surface area contributed by atoms with Gasteiger partial charge in [-0.3, -0.25) is 9.10 Å². The van der Waals surface area contributed by atoms with Crippen molar-refractivity contribution in [3.05, 3.63) is 71.4 Å². The van der Waals surface area contributed by atoms with Crippen LogP contribution in [0.3, 0.4) is 0 Å². The molecule has 1 saturated carbocycles. The molecule has 9 heteroatoms. The molecule has 0 bridgehead atoms. The summed E-state index contributed by atoms with van der Waals surface area (Å²) in [4.78, 5) is 17.6. The highest BCUT2D eigenvalue weighted by atomic mass is 32.2. The molecule has 0 radical (unpaired) electrons. The summed E-state index contributed by atoms with van der Waals surface area (Å²) < 4.78 is 32.5. The van der Waals surface area contributed by atoms with Gasteiger partial charge in [0, 0.05) is 18.5 Å². The summed E-state index contributed by atoms with van der Waals surface area (Å²) in [6.45, 7) is 5.85. The van der Waals surface area contributed by atoms with Crippen molar-refractivity contribution in [2.75, 3.05) is 11.4 Å². The quantitative estimate of drug-likeness (QED) is 0.531. The van der Waals surface area contributed by atoms with E-state index in [0.29, 0.717) is 28.9 Å². The molecule has 0 spiro atoms. The van der Waals surface area contributed by atoms with Gasteiger partial charge in [-0.25, -0.2) is 8.42 Å². The number of nitrogens with zero attached hydrogens (tertiary/aromatic N) is 3. The summed E-state index contributed by atoms with van der Waals surface area (Å²) in [5, 5.41) is 7.01. The van der Waals surface area contributed by atoms with Crippen LogP contribution < -0.4 is 9.62 Å². The van der Waals surface area contributed by atoms with Gasteiger partial charge in [-0.05, 0) is 62.1 Å². The number of hydrogen-bond donors (Lipinski definition) is 1. The minimum absolute atomic E-state index is 0.0477. The molecule has 1 N–H and O–H groups in total. The zero-order chi connectivity index (χ0) is 23.8. The second-order valence-corrected chi connectivity index (χ2v) is 10.8. The molecule has 1 amide bonds. The molecular weight excluding hydrogens is 440 g/mol. The highest BCUT2D eigenvalue weighted by Crippen LogP contribution is 2.38. The molecule has 1 aromatic heterocycles. The first-order valence-corrected chi connectivity index (χ1v) is 12.4. The Morgan fingerprint density at radius 2 is 1.73 bits per heavy atom. The third-order valence-corrected chi connectivity index (χ3v) is 7.59. The molecule has 2 aromatic carbocycles. The van der Waals surface area contributed by atoms with Gasteiger partial charge in [0.1, 0.15) is 6.04 Å². The van der Waals surface area contributed by atoms with Crippen LogP contribution >= 0.6 is 0 Å². The molecule has 1 atom stereocenters. The zero-order valence-corrected chi connectivity index (χ0v) is 20.0. The lowest BCUT2D eigenvalue weighted by Crippen LogP contribution is -2.32. The molecule has 1 heterocycles. The van der Waals surface area contributed by atoms with Crippen LogP contribution in [0.4, 0.5) is 5.69 Å². The van der Waals surface area contributed by atoms with E-state index in [1.807, 2.05) is 20.8 Å². The summed E-state index contributed by atoms with van der Waals surface area (Å²) in [5.74, 6) is 1.22. The summed E-state index contributed by atoms with van der Waals surface area (Å²) in [5.41, 5.74) is 1.85. The van der Waals surface area contributed by atoms with Crippen LogP contribution in [0, 0.1) is 12.8 Å². The lowest BCUT2D eigenvalue weighted by atomic mass is 10.0. The van der Waals surface area contributed by atoms with E-state index < -0.39 is 16.1 Å². The molecular formula is C24H28N4O4S. The maximum atomic E-state index is 12.9. The largest absolute Gasteiger partial charge is 0.340 e. The number of hydrogen-bond acceptors (Lipinski definition) is 6. The Labute approximate surface area is 194 Å². The number of amides is 1. The van der Waals surface area contributed by atoms with Crippen molar-refractivity contribution in [1.29, 1.82) is 0 Å². The molecule has 1 unspecified atom stereocenters. The number of rotatable bonds is 8. The van der Waals surface area contributed by atoms with Gasteiger partial charge in [-0.2, -0.15) is 4.98 Å². The minimum atomic E-state index is -3.70. The average molecular weight is 469 g/mol. The van der Waals surface area contributed by atoms with E-state index >= 15 is 0 Å². The van der Waals surface area contributed by atoms with Crippen LogP contribution in [-0.2, 0) is 10.0 Å². The van der Waals surface area contributed by atoms with E-state index in [0.717, 1.165) is 18.4 Å². The molecule has 33 heavy (non-hydrogen) atoms. The van der Waals surface area contributed by atoms with Crippen LogP contribution in [-0.4, -0.2) is 31.5 Å². The van der Waals surface area contributed by atoms with Crippen molar-refractivity contribution >= 4 is 21.6 Å². The number of carbonyl (C=O) groups is 1. The number of benzene rings is 2. The normalized spacial score (nSPS) is 14.8. The Balaban J connectivity index is 1.48. The smallest absolute Gasteiger partial charge is 0.264 e. The molecule has 8 nitrogen and oxygen atoms in total. The third kappa shape index (κ3) is 4.93. The highest BCUT2D eigenvalue weighted by molar-refractivity contribution is 7.92. The number of sulfonamides is 1. The van der Waals surface area contributed by atoms with Gasteiger partial charge in [0.2, 0.25) is 5.89 Å². The molecule has 174 valence electrons. The Bertz CT molecular complexity index is 1230. The van der Waals surface area contributed by atoms with E-state index in [2.05, 4.69) is 15.5 Å². The topological polar surface area (TPSA) is 105 Å². The number of carbonyl (C=O) groups excluding carboxylic acids is 1. The standard InChI is InChI=1S/C24H28N4O4S/c1-15(2)21(24-26-22(27-32-24)17-7-8-17)25-23(29)18-9-11-19(12-10-18)28(4)33(30,31)20-13-5-16(3)6-14-20/h5-6,9-15,17,21H,7-8H2,1-4H3,(H,25,29). The summed E-state index contributed by atoms with van der Waals surface area (Å²) >= 11 is 0. The lowest BCUT2D eigenvalue weighted by molar-refractivity contribution is 0.0914. The second kappa shape index (κ2) is 8.97. The number of anilines is 1. The average Bonchev–Trinajstić information content (AvgIpc) is 3.54. The molecule has 3 aromatic rings. The fraction of sp³-hybridized carbons (Fsp3) is 0.375. The predicted octanol–water partition coefficient (Wildman–Crippen LogP) is 4.21. The summed E-state index contributed by atoms with van der Waals surface area (Å²) in [6.07, 6.45) is 2.14. The van der Waals surface area contributed by atoms with Crippen LogP contribution in [0.15, 0.2) is 57.9 Å². The molecule has 1 aliphatic rings. The van der Waals surface area contributed by atoms with Crippen LogP contribution in [0.2, 0.25) is 0 Å². The molecule has 1 fully saturated rings. The van der Waals surface area contributed by atoms with Gasteiger partial charge in [0.05, 0.1) is 10.6 Å². The van der Waals surface area contributed by atoms with Gasteiger partial charge < -0.3 is 9.84 Å². The van der Waals surface area contributed by atoms with Gasteiger partial charge in [-0.1, -0.05) is 36.7 Å². The number of aromatic nitrogens is 2. The third-order valence-electron chi connectivity index (χ3n) is 5.79. The van der Waals surface area contributed by atoms with Crippen molar-refractivity contribution in [1.82, 2.24) is 15.5 Å². The number of nitrogens with one attached hydrogen (secondary N) is 1. The Kier molecular flexibility index (Phi) is 6.25. The molecule has 0 aliphatic heterocycles. The first-order valence-electron chi connectivity index (χ1n) is 11.0. The summed E-state index contributed by atoms with van der Waals surface area (Å²) in [6, 6.07) is 12.7. The lowest BCUT2D eigenvalue weighted by Gasteiger charge is -2.21. The zero-order valence-electron chi connectivity index (χ0n) is 19.1. The van der Waals surface area contributed by atoms with Crippen molar-refractivity contribution < 1.29 is 17.7 Å². The van der Waals surface area contributed by atoms with E-state index in [9.17, 15) is 13.2 Å². The van der Waals surface area contributed by atoms with Crippen molar-refractivity contribution in [3.8, 4) is 0 Å². The number of aryl methyl sites for hydroxylation is 1. The first kappa shape index (κ1) is 23.0. The van der Waals surface area contributed by atoms with E-state index in [-0.39, 0.29) is 16.7 Å². The van der Waals surface area contributed by atoms with Gasteiger partial charge in [0.15, 0.2) is 5.82 Å². The fourth-order valence-corrected chi connectivity index (χ4v) is 4.64. The van der Waals surface area contributed by atoms with Crippen molar-refractivity contribution in [2.45, 2.75) is 50.5 Å². The fourth-order valence-electron chi connectivity index (χ4n) is 3.45. The van der Waals surface area contributed by atoms with E-state index in [1.165, 1.54) is 11.4 Å². The van der Waals surface area contributed by atoms with Crippen LogP contribution in [0.5, 0.6) is 0 Å². The highest BCUT2D eigenvalue weighted by Gasteiger charge is 2.32. The van der Waals surface area contributed by atoms with Gasteiger partial charge in [0.25, 0.3) is 15.9 Å². The predicted molar refractivity (Wildman–Crippen MR) is 125 cm³/mol. The monoisotopic (exact) mass is 468 g/mol. The maximum absolute atomic E-state index is 12.9. The van der Waals surface area contributed by atoms with E-state index in [1.54, 1.807) is 48.5 Å². The Morgan fingerprint density at radius 3 is 2.30 bits per heavy atom. The Hall–Kier alpha value is -3.20. The van der Waals surface area contributed by atoms with Crippen molar-refractivity contribution in [2.24, 2.45) is 5.92 Å². The van der Waals surface area contributed by atoms with E-state index in [4.69, 9.17) is 4.52 Å². The van der Waals surface area contributed by atoms with Gasteiger partial charge >= 0.3 is 0 Å². The van der Waals surface area contributed by atoms with Gasteiger partial charge in [-0.15, -0.1) is 0 Å². The molecule has 1 aliphatic carbocycles. The van der Waals surface area contributed by atoms with Crippen LogP contribution in [0.25, 0.3) is 0 Å². The molecule has 0 saturated heterocycles. The molecule has 4 rings (SSSR count). The SMILES string of the molecule is Cc1ccc(S(=O)(=O)N(C)c2ccc(C(=O)NC(c3nc(C4CC4)no3)C(C)C)cc2)cc1. The maximum Gasteiger partial charge on any atom is 0.264 e. The Morgan fingerprint density at radius 1 is 1.09 bits per heavy atom. The van der Waals surface area contributed by atoms with Crippen LogP contribution in [0.1, 0.15) is 66.3 Å². The second-order valence-electron chi connectivity index (χ2n) is 8.79. The van der Waals surface area contributed by atoms with Crippen molar-refractivity contribution in [3.63, 3.8) is 0 Å².